The van der Waals surface area contributed by atoms with E-state index in [1.807, 2.05) is 24.6 Å². The number of thiophene rings is 1. The molecule has 0 saturated carbocycles. The number of aliphatic carboxylic acids is 1. The predicted molar refractivity (Wildman–Crippen MR) is 65.3 cm³/mol. The minimum atomic E-state index is -0.810. The number of amides is 1. The largest absolute Gasteiger partial charge is 0.481 e. The third-order valence-corrected chi connectivity index (χ3v) is 4.28. The molecule has 1 saturated heterocycles. The van der Waals surface area contributed by atoms with E-state index in [0.717, 1.165) is 5.56 Å². The molecular weight excluding hydrogens is 238 g/mol. The van der Waals surface area contributed by atoms with Crippen LogP contribution in [0, 0.1) is 12.8 Å². The molecule has 92 valence electrons. The topological polar surface area (TPSA) is 57.6 Å². The predicted octanol–water partition coefficient (Wildman–Crippen LogP) is 1.99. The number of carbonyl (C=O) groups is 2. The Hall–Kier alpha value is -1.36. The number of carboxylic acid groups (broad SMARTS) is 1. The van der Waals surface area contributed by atoms with Crippen molar-refractivity contribution in [2.24, 2.45) is 5.92 Å². The minimum absolute atomic E-state index is 0.0417. The summed E-state index contributed by atoms with van der Waals surface area (Å²) < 4.78 is 0. The van der Waals surface area contributed by atoms with Crippen LogP contribution in [-0.4, -0.2) is 34.5 Å². The summed E-state index contributed by atoms with van der Waals surface area (Å²) in [4.78, 5) is 24.9. The summed E-state index contributed by atoms with van der Waals surface area (Å²) in [5.41, 5.74) is 1.67. The van der Waals surface area contributed by atoms with E-state index < -0.39 is 11.9 Å². The van der Waals surface area contributed by atoms with Gasteiger partial charge in [0, 0.05) is 18.0 Å². The Morgan fingerprint density at radius 1 is 1.47 bits per heavy atom. The SMILES string of the molecule is Cc1cscc1C(=O)N1CCC(C(=O)O)C1C. The molecular formula is C12H15NO3S. The molecule has 5 heteroatoms. The standard InChI is InChI=1S/C12H15NO3S/c1-7-5-17-6-10(7)11(14)13-4-3-9(8(13)2)12(15)16/h5-6,8-9H,3-4H2,1-2H3,(H,15,16). The molecule has 1 fully saturated rings. The zero-order valence-electron chi connectivity index (χ0n) is 9.84. The first-order valence-corrected chi connectivity index (χ1v) is 6.53. The van der Waals surface area contributed by atoms with Gasteiger partial charge in [-0.1, -0.05) is 0 Å². The molecule has 2 atom stereocenters. The lowest BCUT2D eigenvalue weighted by molar-refractivity contribution is -0.142. The number of carbonyl (C=O) groups excluding carboxylic acids is 1. The highest BCUT2D eigenvalue weighted by atomic mass is 32.1. The highest BCUT2D eigenvalue weighted by Crippen LogP contribution is 2.27. The zero-order chi connectivity index (χ0) is 12.6. The number of hydrogen-bond donors (Lipinski definition) is 1. The molecule has 0 radical (unpaired) electrons. The van der Waals surface area contributed by atoms with Crippen molar-refractivity contribution in [3.63, 3.8) is 0 Å². The normalized spacial score (nSPS) is 24.0. The van der Waals surface area contributed by atoms with Gasteiger partial charge in [-0.2, -0.15) is 11.3 Å². The lowest BCUT2D eigenvalue weighted by Crippen LogP contribution is -2.37. The Morgan fingerprint density at radius 2 is 2.18 bits per heavy atom. The van der Waals surface area contributed by atoms with E-state index in [9.17, 15) is 9.59 Å². The second kappa shape index (κ2) is 4.49. The lowest BCUT2D eigenvalue weighted by Gasteiger charge is -2.23. The summed E-state index contributed by atoms with van der Waals surface area (Å²) in [6.45, 7) is 4.25. The molecule has 0 spiro atoms. The molecule has 0 aliphatic carbocycles. The van der Waals surface area contributed by atoms with Crippen molar-refractivity contribution in [1.82, 2.24) is 4.90 Å². The maximum absolute atomic E-state index is 12.2. The van der Waals surface area contributed by atoms with E-state index in [-0.39, 0.29) is 11.9 Å². The number of likely N-dealkylation sites (tertiary alicyclic amines) is 1. The summed E-state index contributed by atoms with van der Waals surface area (Å²) in [7, 11) is 0. The fraction of sp³-hybridized carbons (Fsp3) is 0.500. The lowest BCUT2D eigenvalue weighted by atomic mass is 10.0. The second-order valence-electron chi connectivity index (χ2n) is 4.44. The molecule has 0 aromatic carbocycles. The van der Waals surface area contributed by atoms with Gasteiger partial charge in [0.15, 0.2) is 0 Å². The van der Waals surface area contributed by atoms with Crippen molar-refractivity contribution in [2.75, 3.05) is 6.54 Å². The molecule has 2 unspecified atom stereocenters. The Balaban J connectivity index is 2.18. The first kappa shape index (κ1) is 12.1. The quantitative estimate of drug-likeness (QED) is 0.877. The summed E-state index contributed by atoms with van der Waals surface area (Å²) >= 11 is 1.50. The third kappa shape index (κ3) is 2.07. The van der Waals surface area contributed by atoms with Crippen LogP contribution in [0.4, 0.5) is 0 Å². The number of nitrogens with zero attached hydrogens (tertiary/aromatic N) is 1. The maximum atomic E-state index is 12.2. The van der Waals surface area contributed by atoms with E-state index in [0.29, 0.717) is 18.5 Å². The molecule has 4 nitrogen and oxygen atoms in total. The zero-order valence-corrected chi connectivity index (χ0v) is 10.7. The van der Waals surface area contributed by atoms with Crippen molar-refractivity contribution in [3.8, 4) is 0 Å². The maximum Gasteiger partial charge on any atom is 0.308 e. The van der Waals surface area contributed by atoms with Crippen LogP contribution in [0.25, 0.3) is 0 Å². The number of aryl methyl sites for hydroxylation is 1. The van der Waals surface area contributed by atoms with Crippen LogP contribution < -0.4 is 0 Å². The molecule has 2 heterocycles. The molecule has 1 aromatic rings. The van der Waals surface area contributed by atoms with Crippen LogP contribution >= 0.6 is 11.3 Å². The number of hydrogen-bond acceptors (Lipinski definition) is 3. The number of carboxylic acids is 1. The van der Waals surface area contributed by atoms with Crippen molar-refractivity contribution in [1.29, 1.82) is 0 Å². The van der Waals surface area contributed by atoms with Gasteiger partial charge < -0.3 is 10.0 Å². The first-order chi connectivity index (χ1) is 8.02. The van der Waals surface area contributed by atoms with Crippen LogP contribution in [0.1, 0.15) is 29.3 Å². The molecule has 1 N–H and O–H groups in total. The van der Waals surface area contributed by atoms with Crippen molar-refractivity contribution in [2.45, 2.75) is 26.3 Å². The van der Waals surface area contributed by atoms with Crippen molar-refractivity contribution < 1.29 is 14.7 Å². The van der Waals surface area contributed by atoms with Crippen molar-refractivity contribution in [3.05, 3.63) is 21.9 Å². The Bertz CT molecular complexity index is 454. The first-order valence-electron chi connectivity index (χ1n) is 5.59. The smallest absolute Gasteiger partial charge is 0.308 e. The van der Waals surface area contributed by atoms with Gasteiger partial charge in [0.1, 0.15) is 0 Å². The fourth-order valence-electron chi connectivity index (χ4n) is 2.29. The molecule has 1 aliphatic rings. The van der Waals surface area contributed by atoms with E-state index >= 15 is 0 Å². The van der Waals surface area contributed by atoms with Gasteiger partial charge >= 0.3 is 5.97 Å². The Kier molecular flexibility index (Phi) is 3.19. The van der Waals surface area contributed by atoms with Crippen LogP contribution in [-0.2, 0) is 4.79 Å². The van der Waals surface area contributed by atoms with Crippen LogP contribution in [0.5, 0.6) is 0 Å². The van der Waals surface area contributed by atoms with Crippen LogP contribution in [0.2, 0.25) is 0 Å². The van der Waals surface area contributed by atoms with Crippen LogP contribution in [0.3, 0.4) is 0 Å². The average molecular weight is 253 g/mol. The van der Waals surface area contributed by atoms with Gasteiger partial charge in [0.05, 0.1) is 11.5 Å². The Labute approximate surface area is 104 Å². The van der Waals surface area contributed by atoms with Crippen molar-refractivity contribution >= 4 is 23.2 Å². The van der Waals surface area contributed by atoms with E-state index in [1.165, 1.54) is 11.3 Å². The molecule has 2 rings (SSSR count). The minimum Gasteiger partial charge on any atom is -0.481 e. The van der Waals surface area contributed by atoms with Crippen LogP contribution in [0.15, 0.2) is 10.8 Å². The third-order valence-electron chi connectivity index (χ3n) is 3.42. The van der Waals surface area contributed by atoms with Gasteiger partial charge in [-0.3, -0.25) is 9.59 Å². The number of rotatable bonds is 2. The molecule has 0 bridgehead atoms. The van der Waals surface area contributed by atoms with Gasteiger partial charge in [0.2, 0.25) is 0 Å². The monoisotopic (exact) mass is 253 g/mol. The molecule has 1 aromatic heterocycles. The summed E-state index contributed by atoms with van der Waals surface area (Å²) in [5.74, 6) is -1.28. The highest BCUT2D eigenvalue weighted by molar-refractivity contribution is 7.08. The summed E-state index contributed by atoms with van der Waals surface area (Å²) in [6.07, 6.45) is 0.547. The molecule has 1 aliphatic heterocycles. The molecule has 17 heavy (non-hydrogen) atoms. The van der Waals surface area contributed by atoms with E-state index in [1.54, 1.807) is 4.90 Å². The van der Waals surface area contributed by atoms with Gasteiger partial charge in [-0.15, -0.1) is 0 Å². The van der Waals surface area contributed by atoms with E-state index in [4.69, 9.17) is 5.11 Å². The fourth-order valence-corrected chi connectivity index (χ4v) is 3.11. The van der Waals surface area contributed by atoms with Gasteiger partial charge in [-0.05, 0) is 31.2 Å². The Morgan fingerprint density at radius 3 is 2.65 bits per heavy atom. The van der Waals surface area contributed by atoms with Gasteiger partial charge in [0.25, 0.3) is 5.91 Å². The summed E-state index contributed by atoms with van der Waals surface area (Å²) in [6, 6.07) is -0.223. The second-order valence-corrected chi connectivity index (χ2v) is 5.18. The van der Waals surface area contributed by atoms with Gasteiger partial charge in [-0.25, -0.2) is 0 Å². The summed E-state index contributed by atoms with van der Waals surface area (Å²) in [5, 5.41) is 12.8. The molecule has 1 amide bonds. The average Bonchev–Trinajstić information content (AvgIpc) is 2.83. The van der Waals surface area contributed by atoms with E-state index in [2.05, 4.69) is 0 Å². The highest BCUT2D eigenvalue weighted by Gasteiger charge is 2.38.